The predicted molar refractivity (Wildman–Crippen MR) is 86.1 cm³/mol. The van der Waals surface area contributed by atoms with Crippen molar-refractivity contribution in [2.24, 2.45) is 10.7 Å². The van der Waals surface area contributed by atoms with Crippen molar-refractivity contribution < 1.29 is 4.74 Å². The molecule has 0 aliphatic carbocycles. The third kappa shape index (κ3) is 1.81. The highest BCUT2D eigenvalue weighted by atomic mass is 16.5. The Kier molecular flexibility index (Phi) is 2.75. The fourth-order valence-electron chi connectivity index (χ4n) is 2.80. The number of para-hydroxylation sites is 3. The van der Waals surface area contributed by atoms with E-state index in [1.54, 1.807) is 7.11 Å². The molecule has 110 valence electrons. The molecule has 1 atom stereocenters. The normalized spacial score (nSPS) is 16.8. The average molecular weight is 293 g/mol. The van der Waals surface area contributed by atoms with E-state index in [1.807, 2.05) is 53.1 Å². The lowest BCUT2D eigenvalue weighted by Gasteiger charge is -2.24. The number of hydrogen-bond acceptors (Lipinski definition) is 5. The summed E-state index contributed by atoms with van der Waals surface area (Å²) in [5.41, 5.74) is 8.77. The van der Waals surface area contributed by atoms with E-state index in [1.165, 1.54) is 0 Å². The number of nitrogens with one attached hydrogen (secondary N) is 1. The summed E-state index contributed by atoms with van der Waals surface area (Å²) in [5, 5.41) is 3.03. The summed E-state index contributed by atoms with van der Waals surface area (Å²) < 4.78 is 7.50. The molecule has 0 saturated carbocycles. The maximum Gasteiger partial charge on any atom is 0.212 e. The highest BCUT2D eigenvalue weighted by Gasteiger charge is 2.26. The number of methoxy groups -OCH3 is 1. The Bertz CT molecular complexity index is 883. The van der Waals surface area contributed by atoms with Gasteiger partial charge in [-0.1, -0.05) is 30.3 Å². The summed E-state index contributed by atoms with van der Waals surface area (Å²) in [6, 6.07) is 15.7. The lowest BCUT2D eigenvalue weighted by atomic mass is 10.1. The number of ether oxygens (including phenoxy) is 1. The number of nitrogens with zero attached hydrogens (tertiary/aromatic N) is 3. The largest absolute Gasteiger partial charge is 0.496 e. The zero-order chi connectivity index (χ0) is 15.1. The second kappa shape index (κ2) is 4.77. The highest BCUT2D eigenvalue weighted by molar-refractivity contribution is 5.94. The van der Waals surface area contributed by atoms with Crippen LogP contribution in [0.1, 0.15) is 11.7 Å². The molecular formula is C16H15N5O. The molecule has 22 heavy (non-hydrogen) atoms. The van der Waals surface area contributed by atoms with E-state index in [0.717, 1.165) is 22.3 Å². The van der Waals surface area contributed by atoms with Crippen LogP contribution < -0.4 is 15.8 Å². The Morgan fingerprint density at radius 2 is 1.91 bits per heavy atom. The molecule has 0 fully saturated rings. The van der Waals surface area contributed by atoms with E-state index in [0.29, 0.717) is 11.9 Å². The van der Waals surface area contributed by atoms with Crippen LogP contribution >= 0.6 is 0 Å². The van der Waals surface area contributed by atoms with Crippen LogP contribution in [0.3, 0.4) is 0 Å². The molecule has 2 heterocycles. The molecule has 1 aliphatic rings. The maximum atomic E-state index is 5.94. The van der Waals surface area contributed by atoms with Crippen LogP contribution in [0.5, 0.6) is 5.75 Å². The minimum Gasteiger partial charge on any atom is -0.496 e. The third-order valence-electron chi connectivity index (χ3n) is 3.76. The number of aliphatic imine (C=N–C) groups is 1. The summed E-state index contributed by atoms with van der Waals surface area (Å²) in [6.45, 7) is 0. The molecule has 3 aromatic rings. The molecule has 1 aliphatic heterocycles. The van der Waals surface area contributed by atoms with Crippen LogP contribution in [-0.2, 0) is 0 Å². The van der Waals surface area contributed by atoms with E-state index in [9.17, 15) is 0 Å². The predicted octanol–water partition coefficient (Wildman–Crippen LogP) is 2.33. The van der Waals surface area contributed by atoms with Gasteiger partial charge in [-0.05, 0) is 18.2 Å². The van der Waals surface area contributed by atoms with Gasteiger partial charge in [0.05, 0.1) is 18.1 Å². The second-order valence-corrected chi connectivity index (χ2v) is 5.05. The van der Waals surface area contributed by atoms with Crippen molar-refractivity contribution in [1.29, 1.82) is 0 Å². The average Bonchev–Trinajstić information content (AvgIpc) is 2.92. The monoisotopic (exact) mass is 293 g/mol. The van der Waals surface area contributed by atoms with Crippen molar-refractivity contribution in [3.8, 4) is 5.75 Å². The molecule has 6 nitrogen and oxygen atoms in total. The smallest absolute Gasteiger partial charge is 0.212 e. The molecule has 0 amide bonds. The van der Waals surface area contributed by atoms with Gasteiger partial charge in [-0.2, -0.15) is 0 Å². The molecule has 4 rings (SSSR count). The van der Waals surface area contributed by atoms with E-state index < -0.39 is 0 Å². The Hall–Kier alpha value is -3.02. The van der Waals surface area contributed by atoms with Crippen LogP contribution in [-0.4, -0.2) is 22.6 Å². The molecule has 0 spiro atoms. The molecular weight excluding hydrogens is 278 g/mol. The van der Waals surface area contributed by atoms with Crippen molar-refractivity contribution in [2.75, 3.05) is 12.4 Å². The van der Waals surface area contributed by atoms with E-state index in [4.69, 9.17) is 10.5 Å². The minimum absolute atomic E-state index is 0.306. The Balaban J connectivity index is 1.98. The van der Waals surface area contributed by atoms with Crippen LogP contribution in [0, 0.1) is 0 Å². The van der Waals surface area contributed by atoms with Gasteiger partial charge in [0.1, 0.15) is 5.75 Å². The molecule has 0 saturated heterocycles. The molecule has 0 bridgehead atoms. The minimum atomic E-state index is -0.306. The third-order valence-corrected chi connectivity index (χ3v) is 3.76. The Labute approximate surface area is 127 Å². The number of benzene rings is 2. The molecule has 0 radical (unpaired) electrons. The molecule has 6 heteroatoms. The maximum absolute atomic E-state index is 5.94. The first kappa shape index (κ1) is 12.7. The van der Waals surface area contributed by atoms with Gasteiger partial charge in [0.15, 0.2) is 12.1 Å². The number of guanidine groups is 1. The highest BCUT2D eigenvalue weighted by Crippen LogP contribution is 2.35. The Morgan fingerprint density at radius 1 is 1.14 bits per heavy atom. The van der Waals surface area contributed by atoms with Crippen LogP contribution in [0.2, 0.25) is 0 Å². The first-order valence-electron chi connectivity index (χ1n) is 6.98. The number of imidazole rings is 1. The summed E-state index contributed by atoms with van der Waals surface area (Å²) in [5.74, 6) is 1.80. The fraction of sp³-hybridized carbons (Fsp3) is 0.125. The van der Waals surface area contributed by atoms with E-state index in [-0.39, 0.29) is 6.17 Å². The van der Waals surface area contributed by atoms with Crippen LogP contribution in [0.15, 0.2) is 53.5 Å². The number of nitrogens with two attached hydrogens (primary N) is 1. The van der Waals surface area contributed by atoms with Gasteiger partial charge >= 0.3 is 0 Å². The first-order chi connectivity index (χ1) is 10.8. The van der Waals surface area contributed by atoms with E-state index in [2.05, 4.69) is 15.3 Å². The van der Waals surface area contributed by atoms with Crippen molar-refractivity contribution in [1.82, 2.24) is 9.55 Å². The van der Waals surface area contributed by atoms with Crippen molar-refractivity contribution in [2.45, 2.75) is 6.17 Å². The van der Waals surface area contributed by atoms with Crippen LogP contribution in [0.25, 0.3) is 11.0 Å². The fourth-order valence-corrected chi connectivity index (χ4v) is 2.80. The number of aromatic nitrogens is 2. The zero-order valence-corrected chi connectivity index (χ0v) is 12.0. The van der Waals surface area contributed by atoms with E-state index >= 15 is 0 Å². The number of fused-ring (bicyclic) bond motifs is 3. The van der Waals surface area contributed by atoms with Gasteiger partial charge in [-0.25, -0.2) is 9.98 Å². The molecule has 2 aromatic carbocycles. The van der Waals surface area contributed by atoms with Gasteiger partial charge in [0.25, 0.3) is 0 Å². The van der Waals surface area contributed by atoms with Crippen molar-refractivity contribution >= 4 is 22.9 Å². The van der Waals surface area contributed by atoms with Gasteiger partial charge in [-0.3, -0.25) is 9.88 Å². The van der Waals surface area contributed by atoms with Gasteiger partial charge in [0, 0.05) is 5.56 Å². The topological polar surface area (TPSA) is 77.5 Å². The first-order valence-corrected chi connectivity index (χ1v) is 6.98. The number of rotatable bonds is 2. The Morgan fingerprint density at radius 3 is 2.77 bits per heavy atom. The van der Waals surface area contributed by atoms with Gasteiger partial charge < -0.3 is 10.5 Å². The standard InChI is InChI=1S/C16H15N5O/c1-22-13-9-5-2-6-10(13)14-19-15(17)20-16-18-11-7-3-4-8-12(11)21(14)16/h2-9,14H,1H3,(H3,17,18,19,20). The summed E-state index contributed by atoms with van der Waals surface area (Å²) in [4.78, 5) is 9.14. The van der Waals surface area contributed by atoms with Crippen molar-refractivity contribution in [3.05, 3.63) is 54.1 Å². The quantitative estimate of drug-likeness (QED) is 0.760. The second-order valence-electron chi connectivity index (χ2n) is 5.05. The lowest BCUT2D eigenvalue weighted by Crippen LogP contribution is -2.31. The molecule has 1 aromatic heterocycles. The van der Waals surface area contributed by atoms with Crippen LogP contribution in [0.4, 0.5) is 5.95 Å². The SMILES string of the molecule is COc1ccccc1C1N=C(N)Nc2nc3ccccc3n21. The van der Waals surface area contributed by atoms with Gasteiger partial charge in [-0.15, -0.1) is 0 Å². The summed E-state index contributed by atoms with van der Waals surface area (Å²) >= 11 is 0. The summed E-state index contributed by atoms with van der Waals surface area (Å²) in [7, 11) is 1.65. The lowest BCUT2D eigenvalue weighted by molar-refractivity contribution is 0.403. The number of hydrogen-bond donors (Lipinski definition) is 2. The molecule has 1 unspecified atom stereocenters. The van der Waals surface area contributed by atoms with Crippen molar-refractivity contribution in [3.63, 3.8) is 0 Å². The molecule has 3 N–H and O–H groups in total. The van der Waals surface area contributed by atoms with Gasteiger partial charge in [0.2, 0.25) is 5.95 Å². The summed E-state index contributed by atoms with van der Waals surface area (Å²) in [6.07, 6.45) is -0.306. The zero-order valence-electron chi connectivity index (χ0n) is 12.0. The number of anilines is 1.